The molecule has 0 radical (unpaired) electrons. The Morgan fingerprint density at radius 1 is 1.00 bits per heavy atom. The number of anilines is 1. The lowest BCUT2D eigenvalue weighted by Crippen LogP contribution is -2.48. The fourth-order valence-electron chi connectivity index (χ4n) is 2.92. The topological polar surface area (TPSA) is 47.6 Å². The fourth-order valence-corrected chi connectivity index (χ4v) is 3.04. The zero-order valence-corrected chi connectivity index (χ0v) is 15.8. The first-order valence-electron chi connectivity index (χ1n) is 8.84. The van der Waals surface area contributed by atoms with Crippen molar-refractivity contribution in [1.82, 2.24) is 15.1 Å². The van der Waals surface area contributed by atoms with Gasteiger partial charge in [0.1, 0.15) is 0 Å². The van der Waals surface area contributed by atoms with Gasteiger partial charge in [-0.2, -0.15) is 0 Å². The number of likely N-dealkylation sites (N-methyl/N-ethyl adjacent to an activating group) is 1. The molecule has 1 heterocycles. The summed E-state index contributed by atoms with van der Waals surface area (Å²) in [5.74, 6) is 0.201. The van der Waals surface area contributed by atoms with E-state index in [1.54, 1.807) is 0 Å². The van der Waals surface area contributed by atoms with Crippen LogP contribution in [0.1, 0.15) is 11.1 Å². The van der Waals surface area contributed by atoms with E-state index in [1.807, 2.05) is 36.2 Å². The summed E-state index contributed by atoms with van der Waals surface area (Å²) in [5.41, 5.74) is 3.41. The molecule has 1 aliphatic rings. The van der Waals surface area contributed by atoms with Crippen LogP contribution in [0.3, 0.4) is 0 Å². The van der Waals surface area contributed by atoms with Gasteiger partial charge in [0.15, 0.2) is 0 Å². The molecule has 0 spiro atoms. The second kappa shape index (κ2) is 9.03. The van der Waals surface area contributed by atoms with Gasteiger partial charge in [-0.3, -0.25) is 15.0 Å². The maximum atomic E-state index is 12.0. The van der Waals surface area contributed by atoms with E-state index < -0.39 is 0 Å². The van der Waals surface area contributed by atoms with E-state index in [1.165, 1.54) is 5.56 Å². The zero-order valence-electron chi connectivity index (χ0n) is 15.0. The summed E-state index contributed by atoms with van der Waals surface area (Å²) in [7, 11) is 1.98. The molecule has 0 saturated carbocycles. The standard InChI is InChI=1S/C20H25ClN4O/c1-24-10-11-25(20(26)14-24)13-17-4-8-19(9-5-17)23-15-22-12-16-2-6-18(21)7-3-16/h2-9,22-23H,10-15H2,1H3. The third-order valence-electron chi connectivity index (χ3n) is 4.50. The van der Waals surface area contributed by atoms with E-state index >= 15 is 0 Å². The molecular weight excluding hydrogens is 348 g/mol. The molecule has 0 unspecified atom stereocenters. The SMILES string of the molecule is CN1CCN(Cc2ccc(NCNCc3ccc(Cl)cc3)cc2)C(=O)C1. The Hall–Kier alpha value is -2.08. The normalized spacial score (nSPS) is 15.3. The highest BCUT2D eigenvalue weighted by Gasteiger charge is 2.21. The van der Waals surface area contributed by atoms with Crippen molar-refractivity contribution in [2.24, 2.45) is 0 Å². The van der Waals surface area contributed by atoms with E-state index in [4.69, 9.17) is 11.6 Å². The quantitative estimate of drug-likeness (QED) is 0.579. The summed E-state index contributed by atoms with van der Waals surface area (Å²) < 4.78 is 0. The van der Waals surface area contributed by atoms with Crippen molar-refractivity contribution in [2.45, 2.75) is 13.1 Å². The molecule has 1 saturated heterocycles. The molecular formula is C20H25ClN4O. The Balaban J connectivity index is 1.41. The second-order valence-corrected chi connectivity index (χ2v) is 7.09. The molecule has 0 aromatic heterocycles. The highest BCUT2D eigenvalue weighted by molar-refractivity contribution is 6.30. The number of piperazine rings is 1. The van der Waals surface area contributed by atoms with E-state index in [0.29, 0.717) is 19.8 Å². The number of halogens is 1. The van der Waals surface area contributed by atoms with Crippen molar-refractivity contribution in [3.05, 3.63) is 64.7 Å². The summed E-state index contributed by atoms with van der Waals surface area (Å²) in [5, 5.41) is 7.45. The first kappa shape index (κ1) is 18.7. The smallest absolute Gasteiger partial charge is 0.237 e. The van der Waals surface area contributed by atoms with Crippen LogP contribution in [0.5, 0.6) is 0 Å². The molecule has 2 aromatic rings. The molecule has 1 fully saturated rings. The number of carbonyl (C=O) groups is 1. The molecule has 26 heavy (non-hydrogen) atoms. The fraction of sp³-hybridized carbons (Fsp3) is 0.350. The number of hydrogen-bond donors (Lipinski definition) is 2. The third-order valence-corrected chi connectivity index (χ3v) is 4.75. The van der Waals surface area contributed by atoms with Crippen LogP contribution in [0.25, 0.3) is 0 Å². The number of benzene rings is 2. The lowest BCUT2D eigenvalue weighted by molar-refractivity contribution is -0.136. The van der Waals surface area contributed by atoms with Crippen LogP contribution < -0.4 is 10.6 Å². The first-order chi connectivity index (χ1) is 12.6. The van der Waals surface area contributed by atoms with E-state index in [2.05, 4.69) is 39.8 Å². The Kier molecular flexibility index (Phi) is 6.50. The van der Waals surface area contributed by atoms with Crippen LogP contribution in [0.2, 0.25) is 5.02 Å². The molecule has 0 atom stereocenters. The zero-order chi connectivity index (χ0) is 18.4. The summed E-state index contributed by atoms with van der Waals surface area (Å²) in [6.07, 6.45) is 0. The summed E-state index contributed by atoms with van der Waals surface area (Å²) in [4.78, 5) is 16.0. The Morgan fingerprint density at radius 2 is 1.69 bits per heavy atom. The number of rotatable bonds is 7. The predicted octanol–water partition coefficient (Wildman–Crippen LogP) is 2.77. The average molecular weight is 373 g/mol. The van der Waals surface area contributed by atoms with Gasteiger partial charge in [-0.1, -0.05) is 35.9 Å². The van der Waals surface area contributed by atoms with Gasteiger partial charge in [-0.25, -0.2) is 0 Å². The number of amides is 1. The van der Waals surface area contributed by atoms with Crippen LogP contribution in [0.15, 0.2) is 48.5 Å². The van der Waals surface area contributed by atoms with Crippen molar-refractivity contribution >= 4 is 23.2 Å². The minimum atomic E-state index is 0.201. The number of nitrogens with one attached hydrogen (secondary N) is 2. The predicted molar refractivity (Wildman–Crippen MR) is 106 cm³/mol. The van der Waals surface area contributed by atoms with E-state index in [-0.39, 0.29) is 5.91 Å². The monoisotopic (exact) mass is 372 g/mol. The molecule has 2 N–H and O–H groups in total. The van der Waals surface area contributed by atoms with Crippen molar-refractivity contribution in [2.75, 3.05) is 38.7 Å². The van der Waals surface area contributed by atoms with Crippen molar-refractivity contribution < 1.29 is 4.79 Å². The van der Waals surface area contributed by atoms with Crippen molar-refractivity contribution in [3.63, 3.8) is 0 Å². The van der Waals surface area contributed by atoms with Crippen LogP contribution in [-0.2, 0) is 17.9 Å². The second-order valence-electron chi connectivity index (χ2n) is 6.66. The van der Waals surface area contributed by atoms with Crippen LogP contribution in [0.4, 0.5) is 5.69 Å². The van der Waals surface area contributed by atoms with Gasteiger partial charge in [0.05, 0.1) is 13.2 Å². The number of nitrogens with zero attached hydrogens (tertiary/aromatic N) is 2. The van der Waals surface area contributed by atoms with Crippen LogP contribution in [-0.4, -0.2) is 49.1 Å². The Labute approximate surface area is 159 Å². The van der Waals surface area contributed by atoms with Gasteiger partial charge < -0.3 is 10.2 Å². The average Bonchev–Trinajstić information content (AvgIpc) is 2.64. The summed E-state index contributed by atoms with van der Waals surface area (Å²) >= 11 is 5.89. The van der Waals surface area contributed by atoms with Gasteiger partial charge in [0.2, 0.25) is 5.91 Å². The lowest BCUT2D eigenvalue weighted by Gasteiger charge is -2.32. The summed E-state index contributed by atoms with van der Waals surface area (Å²) in [6.45, 7) is 4.39. The Morgan fingerprint density at radius 3 is 2.38 bits per heavy atom. The van der Waals surface area contributed by atoms with Gasteiger partial charge in [0, 0.05) is 36.9 Å². The van der Waals surface area contributed by atoms with Gasteiger partial charge in [-0.05, 0) is 42.4 Å². The lowest BCUT2D eigenvalue weighted by atomic mass is 10.1. The van der Waals surface area contributed by atoms with Crippen LogP contribution in [0, 0.1) is 0 Å². The van der Waals surface area contributed by atoms with Crippen molar-refractivity contribution in [3.8, 4) is 0 Å². The Bertz CT molecular complexity index is 718. The largest absolute Gasteiger partial charge is 0.372 e. The van der Waals surface area contributed by atoms with Crippen molar-refractivity contribution in [1.29, 1.82) is 0 Å². The highest BCUT2D eigenvalue weighted by Crippen LogP contribution is 2.13. The van der Waals surface area contributed by atoms with E-state index in [9.17, 15) is 4.79 Å². The molecule has 0 bridgehead atoms. The minimum absolute atomic E-state index is 0.201. The molecule has 1 amide bonds. The highest BCUT2D eigenvalue weighted by atomic mass is 35.5. The molecule has 2 aromatic carbocycles. The van der Waals surface area contributed by atoms with Gasteiger partial charge in [0.25, 0.3) is 0 Å². The minimum Gasteiger partial charge on any atom is -0.372 e. The third kappa shape index (κ3) is 5.46. The van der Waals surface area contributed by atoms with Gasteiger partial charge in [-0.15, -0.1) is 0 Å². The molecule has 5 nitrogen and oxygen atoms in total. The van der Waals surface area contributed by atoms with Gasteiger partial charge >= 0.3 is 0 Å². The maximum absolute atomic E-state index is 12.0. The number of hydrogen-bond acceptors (Lipinski definition) is 4. The van der Waals surface area contributed by atoms with Crippen LogP contribution >= 0.6 is 11.6 Å². The first-order valence-corrected chi connectivity index (χ1v) is 9.22. The molecule has 0 aliphatic carbocycles. The summed E-state index contributed by atoms with van der Waals surface area (Å²) in [6, 6.07) is 16.1. The molecule has 3 rings (SSSR count). The molecule has 6 heteroatoms. The van der Waals surface area contributed by atoms with E-state index in [0.717, 1.165) is 35.9 Å². The number of carbonyl (C=O) groups excluding carboxylic acids is 1. The molecule has 1 aliphatic heterocycles. The molecule has 138 valence electrons. The maximum Gasteiger partial charge on any atom is 0.237 e.